The Hall–Kier alpha value is -1.26. The van der Waals surface area contributed by atoms with Gasteiger partial charge < -0.3 is 5.73 Å². The topological polar surface area (TPSA) is 38.9 Å². The van der Waals surface area contributed by atoms with Crippen LogP contribution in [0.1, 0.15) is 22.9 Å². The van der Waals surface area contributed by atoms with Crippen LogP contribution in [0.2, 0.25) is 0 Å². The van der Waals surface area contributed by atoms with Crippen molar-refractivity contribution in [3.05, 3.63) is 63.6 Å². The van der Waals surface area contributed by atoms with E-state index in [1.165, 1.54) is 12.1 Å². The molecule has 1 aromatic carbocycles. The molecule has 4 heteroatoms. The number of hydrogen-bond acceptors (Lipinski definition) is 2. The number of rotatable bonds is 2. The Bertz CT molecular complexity index is 525. The van der Waals surface area contributed by atoms with E-state index < -0.39 is 0 Å². The third kappa shape index (κ3) is 2.70. The van der Waals surface area contributed by atoms with Crippen molar-refractivity contribution in [2.45, 2.75) is 13.0 Å². The van der Waals surface area contributed by atoms with Gasteiger partial charge in [-0.1, -0.05) is 22.0 Å². The Morgan fingerprint density at radius 2 is 2.06 bits per heavy atom. The van der Waals surface area contributed by atoms with Gasteiger partial charge >= 0.3 is 0 Å². The Morgan fingerprint density at radius 1 is 1.29 bits per heavy atom. The van der Waals surface area contributed by atoms with E-state index in [2.05, 4.69) is 20.9 Å². The SMILES string of the molecule is Cc1ccc(C(N)c2cc(F)ccc2Br)cn1. The Morgan fingerprint density at radius 3 is 2.71 bits per heavy atom. The third-order valence-electron chi connectivity index (χ3n) is 2.59. The molecule has 0 amide bonds. The minimum atomic E-state index is -0.381. The van der Waals surface area contributed by atoms with E-state index in [1.54, 1.807) is 12.3 Å². The lowest BCUT2D eigenvalue weighted by atomic mass is 10.0. The van der Waals surface area contributed by atoms with Crippen molar-refractivity contribution in [2.75, 3.05) is 0 Å². The second-order valence-corrected chi connectivity index (χ2v) is 4.73. The predicted octanol–water partition coefficient (Wildman–Crippen LogP) is 3.34. The summed E-state index contributed by atoms with van der Waals surface area (Å²) in [5.74, 6) is -0.293. The number of aryl methyl sites for hydroxylation is 1. The van der Waals surface area contributed by atoms with Gasteiger partial charge in [0, 0.05) is 16.4 Å². The van der Waals surface area contributed by atoms with Crippen molar-refractivity contribution in [3.63, 3.8) is 0 Å². The maximum absolute atomic E-state index is 13.2. The normalized spacial score (nSPS) is 12.5. The van der Waals surface area contributed by atoms with Crippen LogP contribution in [0.5, 0.6) is 0 Å². The first kappa shape index (κ1) is 12.2. The molecule has 0 radical (unpaired) electrons. The molecule has 2 aromatic rings. The molecule has 0 saturated heterocycles. The van der Waals surface area contributed by atoms with E-state index in [-0.39, 0.29) is 11.9 Å². The largest absolute Gasteiger partial charge is 0.320 e. The van der Waals surface area contributed by atoms with Gasteiger partial charge in [-0.15, -0.1) is 0 Å². The molecule has 17 heavy (non-hydrogen) atoms. The Kier molecular flexibility index (Phi) is 3.54. The van der Waals surface area contributed by atoms with Crippen molar-refractivity contribution in [3.8, 4) is 0 Å². The van der Waals surface area contributed by atoms with Crippen molar-refractivity contribution < 1.29 is 4.39 Å². The lowest BCUT2D eigenvalue weighted by Gasteiger charge is -2.14. The van der Waals surface area contributed by atoms with Crippen LogP contribution < -0.4 is 5.73 Å². The van der Waals surface area contributed by atoms with Crippen molar-refractivity contribution >= 4 is 15.9 Å². The van der Waals surface area contributed by atoms with E-state index in [0.29, 0.717) is 0 Å². The second kappa shape index (κ2) is 4.94. The summed E-state index contributed by atoms with van der Waals surface area (Å²) in [5.41, 5.74) is 8.61. The molecule has 2 nitrogen and oxygen atoms in total. The van der Waals surface area contributed by atoms with Crippen LogP contribution in [0.15, 0.2) is 41.0 Å². The van der Waals surface area contributed by atoms with Gasteiger partial charge in [0.15, 0.2) is 0 Å². The number of nitrogens with two attached hydrogens (primary N) is 1. The van der Waals surface area contributed by atoms with Gasteiger partial charge in [0.1, 0.15) is 5.82 Å². The van der Waals surface area contributed by atoms with E-state index in [1.807, 2.05) is 19.1 Å². The predicted molar refractivity (Wildman–Crippen MR) is 69.1 cm³/mol. The molecule has 0 aliphatic carbocycles. The minimum Gasteiger partial charge on any atom is -0.320 e. The van der Waals surface area contributed by atoms with E-state index in [9.17, 15) is 4.39 Å². The lowest BCUT2D eigenvalue weighted by molar-refractivity contribution is 0.623. The molecule has 1 unspecified atom stereocenters. The zero-order valence-corrected chi connectivity index (χ0v) is 10.9. The molecular formula is C13H12BrFN2. The van der Waals surface area contributed by atoms with Crippen molar-refractivity contribution in [2.24, 2.45) is 5.73 Å². The fourth-order valence-corrected chi connectivity index (χ4v) is 2.09. The molecule has 1 heterocycles. The molecule has 1 aromatic heterocycles. The molecule has 0 aliphatic rings. The van der Waals surface area contributed by atoms with E-state index in [4.69, 9.17) is 5.73 Å². The maximum Gasteiger partial charge on any atom is 0.123 e. The highest BCUT2D eigenvalue weighted by Gasteiger charge is 2.13. The first-order valence-electron chi connectivity index (χ1n) is 5.21. The molecule has 0 bridgehead atoms. The smallest absolute Gasteiger partial charge is 0.123 e. The number of aromatic nitrogens is 1. The molecule has 88 valence electrons. The molecular weight excluding hydrogens is 283 g/mol. The monoisotopic (exact) mass is 294 g/mol. The van der Waals surface area contributed by atoms with Crippen LogP contribution in [0.4, 0.5) is 4.39 Å². The molecule has 0 saturated carbocycles. The maximum atomic E-state index is 13.2. The van der Waals surface area contributed by atoms with Gasteiger partial charge in [0.25, 0.3) is 0 Å². The number of pyridine rings is 1. The average Bonchev–Trinajstić information content (AvgIpc) is 2.32. The zero-order valence-electron chi connectivity index (χ0n) is 9.32. The van der Waals surface area contributed by atoms with Gasteiger partial charge in [0.05, 0.1) is 6.04 Å². The van der Waals surface area contributed by atoms with Gasteiger partial charge in [-0.05, 0) is 42.3 Å². The van der Waals surface area contributed by atoms with Crippen LogP contribution in [-0.4, -0.2) is 4.98 Å². The highest BCUT2D eigenvalue weighted by molar-refractivity contribution is 9.10. The number of nitrogens with zero attached hydrogens (tertiary/aromatic N) is 1. The molecule has 2 N–H and O–H groups in total. The Balaban J connectivity index is 2.39. The van der Waals surface area contributed by atoms with Crippen molar-refractivity contribution in [1.82, 2.24) is 4.98 Å². The molecule has 2 rings (SSSR count). The fraction of sp³-hybridized carbons (Fsp3) is 0.154. The molecule has 0 spiro atoms. The summed E-state index contributed by atoms with van der Waals surface area (Å²) in [6.07, 6.45) is 1.72. The standard InChI is InChI=1S/C13H12BrFN2/c1-8-2-3-9(7-17-8)13(16)11-6-10(15)4-5-12(11)14/h2-7,13H,16H2,1H3. The van der Waals surface area contributed by atoms with Crippen LogP contribution in [-0.2, 0) is 0 Å². The number of halogens is 2. The summed E-state index contributed by atoms with van der Waals surface area (Å²) in [5, 5.41) is 0. The van der Waals surface area contributed by atoms with Crippen molar-refractivity contribution in [1.29, 1.82) is 0 Å². The van der Waals surface area contributed by atoms with Gasteiger partial charge in [0.2, 0.25) is 0 Å². The van der Waals surface area contributed by atoms with Crippen LogP contribution in [0.3, 0.4) is 0 Å². The lowest BCUT2D eigenvalue weighted by Crippen LogP contribution is -2.13. The summed E-state index contributed by atoms with van der Waals surface area (Å²) in [6, 6.07) is 7.91. The first-order valence-corrected chi connectivity index (χ1v) is 6.00. The molecule has 0 fully saturated rings. The summed E-state index contributed by atoms with van der Waals surface area (Å²) in [7, 11) is 0. The summed E-state index contributed by atoms with van der Waals surface area (Å²) in [6.45, 7) is 1.91. The average molecular weight is 295 g/mol. The molecule has 1 atom stereocenters. The zero-order chi connectivity index (χ0) is 12.4. The third-order valence-corrected chi connectivity index (χ3v) is 3.31. The van der Waals surface area contributed by atoms with Gasteiger partial charge in [-0.25, -0.2) is 4.39 Å². The van der Waals surface area contributed by atoms with E-state index >= 15 is 0 Å². The second-order valence-electron chi connectivity index (χ2n) is 3.88. The van der Waals surface area contributed by atoms with Crippen LogP contribution >= 0.6 is 15.9 Å². The minimum absolute atomic E-state index is 0.293. The van der Waals surface area contributed by atoms with Gasteiger partial charge in [-0.2, -0.15) is 0 Å². The number of benzene rings is 1. The highest BCUT2D eigenvalue weighted by atomic mass is 79.9. The Labute approximate surface area is 108 Å². The fourth-order valence-electron chi connectivity index (χ4n) is 1.60. The first-order chi connectivity index (χ1) is 8.08. The summed E-state index contributed by atoms with van der Waals surface area (Å²) < 4.78 is 14.0. The number of hydrogen-bond donors (Lipinski definition) is 1. The molecule has 0 aliphatic heterocycles. The van der Waals surface area contributed by atoms with E-state index in [0.717, 1.165) is 21.3 Å². The summed E-state index contributed by atoms with van der Waals surface area (Å²) in [4.78, 5) is 4.19. The highest BCUT2D eigenvalue weighted by Crippen LogP contribution is 2.27. The van der Waals surface area contributed by atoms with Crippen LogP contribution in [0.25, 0.3) is 0 Å². The quantitative estimate of drug-likeness (QED) is 0.923. The van der Waals surface area contributed by atoms with Gasteiger partial charge in [-0.3, -0.25) is 4.98 Å². The van der Waals surface area contributed by atoms with Crippen LogP contribution in [0, 0.1) is 12.7 Å². The summed E-state index contributed by atoms with van der Waals surface area (Å²) >= 11 is 3.38.